The largest absolute Gasteiger partial charge is 0.322 e. The fourth-order valence-corrected chi connectivity index (χ4v) is 3.28. The minimum Gasteiger partial charge on any atom is -0.322 e. The molecule has 0 spiro atoms. The smallest absolute Gasteiger partial charge is 0.321 e. The van der Waals surface area contributed by atoms with Gasteiger partial charge in [-0.25, -0.2) is 4.79 Å². The molecule has 136 valence electrons. The Kier molecular flexibility index (Phi) is 6.56. The molecule has 26 heavy (non-hydrogen) atoms. The highest BCUT2D eigenvalue weighted by Gasteiger charge is 2.20. The highest BCUT2D eigenvalue weighted by molar-refractivity contribution is 6.36. The van der Waals surface area contributed by atoms with E-state index >= 15 is 0 Å². The topological polar surface area (TPSA) is 35.6 Å². The van der Waals surface area contributed by atoms with Crippen LogP contribution in [0.4, 0.5) is 10.5 Å². The van der Waals surface area contributed by atoms with Gasteiger partial charge in [-0.2, -0.15) is 0 Å². The molecular formula is C20H21Cl2N3O. The van der Waals surface area contributed by atoms with Gasteiger partial charge in [0.05, 0.1) is 10.7 Å². The van der Waals surface area contributed by atoms with Crippen molar-refractivity contribution in [3.05, 3.63) is 70.2 Å². The number of halogens is 2. The lowest BCUT2D eigenvalue weighted by Crippen LogP contribution is -2.49. The number of urea groups is 1. The van der Waals surface area contributed by atoms with E-state index in [-0.39, 0.29) is 6.03 Å². The molecule has 1 aliphatic rings. The van der Waals surface area contributed by atoms with Gasteiger partial charge in [-0.05, 0) is 23.8 Å². The quantitative estimate of drug-likeness (QED) is 0.810. The average Bonchev–Trinajstić information content (AvgIpc) is 2.65. The number of piperazine rings is 1. The Morgan fingerprint density at radius 1 is 1.04 bits per heavy atom. The number of hydrogen-bond donors (Lipinski definition) is 1. The van der Waals surface area contributed by atoms with E-state index in [1.807, 2.05) is 23.1 Å². The van der Waals surface area contributed by atoms with Crippen LogP contribution >= 0.6 is 23.2 Å². The van der Waals surface area contributed by atoms with Crippen molar-refractivity contribution in [2.75, 3.05) is 38.0 Å². The molecule has 6 heteroatoms. The van der Waals surface area contributed by atoms with Crippen molar-refractivity contribution in [2.24, 2.45) is 0 Å². The third kappa shape index (κ3) is 5.24. The molecule has 1 saturated heterocycles. The molecule has 0 bridgehead atoms. The first-order chi connectivity index (χ1) is 12.6. The molecule has 0 radical (unpaired) electrons. The monoisotopic (exact) mass is 389 g/mol. The van der Waals surface area contributed by atoms with Crippen LogP contribution in [0, 0.1) is 0 Å². The molecule has 1 fully saturated rings. The second-order valence-electron chi connectivity index (χ2n) is 6.16. The van der Waals surface area contributed by atoms with Crippen molar-refractivity contribution in [3.63, 3.8) is 0 Å². The van der Waals surface area contributed by atoms with E-state index in [4.69, 9.17) is 23.2 Å². The van der Waals surface area contributed by atoms with Gasteiger partial charge in [-0.1, -0.05) is 65.7 Å². The zero-order valence-electron chi connectivity index (χ0n) is 14.4. The summed E-state index contributed by atoms with van der Waals surface area (Å²) in [4.78, 5) is 16.5. The van der Waals surface area contributed by atoms with Crippen molar-refractivity contribution < 1.29 is 4.79 Å². The average molecular weight is 390 g/mol. The van der Waals surface area contributed by atoms with Crippen LogP contribution in [0.1, 0.15) is 5.56 Å². The number of nitrogens with one attached hydrogen (secondary N) is 1. The van der Waals surface area contributed by atoms with Crippen molar-refractivity contribution >= 4 is 41.0 Å². The molecule has 2 aromatic carbocycles. The number of amides is 2. The normalized spacial score (nSPS) is 15.4. The molecule has 2 aromatic rings. The molecule has 0 saturated carbocycles. The summed E-state index contributed by atoms with van der Waals surface area (Å²) in [6, 6.07) is 15.2. The summed E-state index contributed by atoms with van der Waals surface area (Å²) in [6.07, 6.45) is 4.29. The van der Waals surface area contributed by atoms with Gasteiger partial charge < -0.3 is 10.2 Å². The van der Waals surface area contributed by atoms with Crippen LogP contribution < -0.4 is 5.32 Å². The summed E-state index contributed by atoms with van der Waals surface area (Å²) in [6.45, 7) is 3.96. The molecular weight excluding hydrogens is 369 g/mol. The maximum Gasteiger partial charge on any atom is 0.321 e. The summed E-state index contributed by atoms with van der Waals surface area (Å²) in [5, 5.41) is 3.84. The first kappa shape index (κ1) is 18.8. The third-order valence-corrected chi connectivity index (χ3v) is 4.85. The van der Waals surface area contributed by atoms with Gasteiger partial charge in [0.15, 0.2) is 0 Å². The molecule has 0 aliphatic carbocycles. The van der Waals surface area contributed by atoms with Gasteiger partial charge in [-0.3, -0.25) is 4.90 Å². The lowest BCUT2D eigenvalue weighted by atomic mass is 10.2. The number of nitrogens with zero attached hydrogens (tertiary/aromatic N) is 2. The summed E-state index contributed by atoms with van der Waals surface area (Å²) in [5.41, 5.74) is 1.78. The molecule has 3 rings (SSSR count). The Labute approximate surface area is 164 Å². The number of carbonyl (C=O) groups excluding carboxylic acids is 1. The van der Waals surface area contributed by atoms with Crippen molar-refractivity contribution in [3.8, 4) is 0 Å². The van der Waals surface area contributed by atoms with E-state index in [0.717, 1.165) is 19.6 Å². The molecule has 0 atom stereocenters. The first-order valence-corrected chi connectivity index (χ1v) is 9.32. The predicted molar refractivity (Wildman–Crippen MR) is 109 cm³/mol. The van der Waals surface area contributed by atoms with E-state index in [2.05, 4.69) is 34.5 Å². The second kappa shape index (κ2) is 9.08. The number of benzene rings is 2. The summed E-state index contributed by atoms with van der Waals surface area (Å²) in [5.74, 6) is 0. The van der Waals surface area contributed by atoms with Gasteiger partial charge in [0.1, 0.15) is 0 Å². The fourth-order valence-electron chi connectivity index (χ4n) is 2.82. The molecule has 2 amide bonds. The van der Waals surface area contributed by atoms with Crippen LogP contribution in [-0.2, 0) is 0 Å². The lowest BCUT2D eigenvalue weighted by Gasteiger charge is -2.34. The second-order valence-corrected chi connectivity index (χ2v) is 7.00. The highest BCUT2D eigenvalue weighted by atomic mass is 35.5. The number of anilines is 1. The van der Waals surface area contributed by atoms with E-state index in [0.29, 0.717) is 28.8 Å². The molecule has 0 unspecified atom stereocenters. The summed E-state index contributed by atoms with van der Waals surface area (Å²) < 4.78 is 0. The number of carbonyl (C=O) groups is 1. The zero-order valence-corrected chi connectivity index (χ0v) is 15.9. The first-order valence-electron chi connectivity index (χ1n) is 8.57. The van der Waals surface area contributed by atoms with Gasteiger partial charge in [0.2, 0.25) is 0 Å². The molecule has 1 aliphatic heterocycles. The highest BCUT2D eigenvalue weighted by Crippen LogP contribution is 2.25. The van der Waals surface area contributed by atoms with Crippen molar-refractivity contribution in [1.29, 1.82) is 0 Å². The fraction of sp³-hybridized carbons (Fsp3) is 0.250. The molecule has 4 nitrogen and oxygen atoms in total. The zero-order chi connectivity index (χ0) is 18.4. The Bertz CT molecular complexity index is 772. The van der Waals surface area contributed by atoms with Gasteiger partial charge in [0, 0.05) is 37.7 Å². The standard InChI is InChI=1S/C20H21Cl2N3O/c21-17-8-9-19(18(22)15-17)23-20(26)25-13-11-24(12-14-25)10-4-7-16-5-2-1-3-6-16/h1-9,15H,10-14H2,(H,23,26). The van der Waals surface area contributed by atoms with Gasteiger partial charge in [0.25, 0.3) is 0 Å². The van der Waals surface area contributed by atoms with Crippen LogP contribution in [0.2, 0.25) is 10.0 Å². The van der Waals surface area contributed by atoms with Gasteiger partial charge >= 0.3 is 6.03 Å². The predicted octanol–water partition coefficient (Wildman–Crippen LogP) is 4.86. The Morgan fingerprint density at radius 2 is 1.77 bits per heavy atom. The van der Waals surface area contributed by atoms with Gasteiger partial charge in [-0.15, -0.1) is 0 Å². The van der Waals surface area contributed by atoms with Crippen LogP contribution in [0.25, 0.3) is 6.08 Å². The van der Waals surface area contributed by atoms with E-state index in [1.165, 1.54) is 5.56 Å². The van der Waals surface area contributed by atoms with Crippen LogP contribution in [0.15, 0.2) is 54.6 Å². The van der Waals surface area contributed by atoms with Crippen LogP contribution in [0.5, 0.6) is 0 Å². The van der Waals surface area contributed by atoms with Crippen molar-refractivity contribution in [2.45, 2.75) is 0 Å². The van der Waals surface area contributed by atoms with E-state index in [1.54, 1.807) is 18.2 Å². The summed E-state index contributed by atoms with van der Waals surface area (Å²) in [7, 11) is 0. The SMILES string of the molecule is O=C(Nc1ccc(Cl)cc1Cl)N1CCN(CC=Cc2ccccc2)CC1. The Morgan fingerprint density at radius 3 is 2.46 bits per heavy atom. The maximum absolute atomic E-state index is 12.4. The molecule has 1 heterocycles. The third-order valence-electron chi connectivity index (χ3n) is 4.31. The lowest BCUT2D eigenvalue weighted by molar-refractivity contribution is 0.156. The number of rotatable bonds is 4. The maximum atomic E-state index is 12.4. The Balaban J connectivity index is 1.45. The molecule has 0 aromatic heterocycles. The minimum atomic E-state index is -0.131. The van der Waals surface area contributed by atoms with Crippen LogP contribution in [0.3, 0.4) is 0 Å². The molecule has 1 N–H and O–H groups in total. The number of hydrogen-bond acceptors (Lipinski definition) is 2. The van der Waals surface area contributed by atoms with Crippen LogP contribution in [-0.4, -0.2) is 48.6 Å². The minimum absolute atomic E-state index is 0.131. The van der Waals surface area contributed by atoms with E-state index < -0.39 is 0 Å². The Hall–Kier alpha value is -2.01. The summed E-state index contributed by atoms with van der Waals surface area (Å²) >= 11 is 12.0. The van der Waals surface area contributed by atoms with E-state index in [9.17, 15) is 4.79 Å². The van der Waals surface area contributed by atoms with Crippen molar-refractivity contribution in [1.82, 2.24) is 9.80 Å².